The van der Waals surface area contributed by atoms with Crippen molar-refractivity contribution in [2.45, 2.75) is 33.4 Å². The highest BCUT2D eigenvalue weighted by Crippen LogP contribution is 2.15. The predicted octanol–water partition coefficient (Wildman–Crippen LogP) is 1.83. The number of thiocarbonyl (C=S) groups is 1. The summed E-state index contributed by atoms with van der Waals surface area (Å²) in [6.45, 7) is 8.04. The lowest BCUT2D eigenvalue weighted by molar-refractivity contribution is 0.159. The number of hydrogen-bond acceptors (Lipinski definition) is 3. The van der Waals surface area contributed by atoms with Crippen molar-refractivity contribution in [3.63, 3.8) is 0 Å². The van der Waals surface area contributed by atoms with Crippen LogP contribution in [0.25, 0.3) is 0 Å². The molecule has 0 amide bonds. The van der Waals surface area contributed by atoms with Gasteiger partial charge in [0, 0.05) is 24.7 Å². The summed E-state index contributed by atoms with van der Waals surface area (Å²) in [5.74, 6) is 0. The van der Waals surface area contributed by atoms with E-state index in [1.165, 1.54) is 11.1 Å². The van der Waals surface area contributed by atoms with E-state index >= 15 is 0 Å². The van der Waals surface area contributed by atoms with Gasteiger partial charge in [0.15, 0.2) is 0 Å². The lowest BCUT2D eigenvalue weighted by Crippen LogP contribution is -2.33. The minimum Gasteiger partial charge on any atom is -0.395 e. The third kappa shape index (κ3) is 4.05. The highest BCUT2D eigenvalue weighted by Gasteiger charge is 2.11. The number of benzene rings is 1. The Morgan fingerprint density at radius 3 is 2.56 bits per heavy atom. The Hall–Kier alpha value is -0.970. The van der Waals surface area contributed by atoms with Gasteiger partial charge < -0.3 is 10.8 Å². The molecule has 0 bridgehead atoms. The van der Waals surface area contributed by atoms with Crippen LogP contribution in [0.1, 0.15) is 30.5 Å². The summed E-state index contributed by atoms with van der Waals surface area (Å²) in [5, 5.41) is 9.07. The number of aryl methyl sites for hydroxylation is 1. The Morgan fingerprint density at radius 2 is 2.11 bits per heavy atom. The van der Waals surface area contributed by atoms with E-state index in [1.54, 1.807) is 0 Å². The number of nitrogens with two attached hydrogens (primary N) is 1. The lowest BCUT2D eigenvalue weighted by Gasteiger charge is -2.26. The fourth-order valence-corrected chi connectivity index (χ4v) is 2.02. The molecule has 4 heteroatoms. The molecule has 18 heavy (non-hydrogen) atoms. The summed E-state index contributed by atoms with van der Waals surface area (Å²) >= 11 is 4.97. The van der Waals surface area contributed by atoms with Gasteiger partial charge in [0.05, 0.1) is 6.61 Å². The van der Waals surface area contributed by atoms with Crippen LogP contribution in [-0.2, 0) is 6.54 Å². The molecule has 3 nitrogen and oxygen atoms in total. The van der Waals surface area contributed by atoms with E-state index in [2.05, 4.69) is 31.7 Å². The van der Waals surface area contributed by atoms with E-state index < -0.39 is 0 Å². The van der Waals surface area contributed by atoms with Gasteiger partial charge >= 0.3 is 0 Å². The van der Waals surface area contributed by atoms with E-state index in [9.17, 15) is 0 Å². The monoisotopic (exact) mass is 266 g/mol. The largest absolute Gasteiger partial charge is 0.395 e. The van der Waals surface area contributed by atoms with Crippen LogP contribution in [0.3, 0.4) is 0 Å². The van der Waals surface area contributed by atoms with Crippen LogP contribution in [0.4, 0.5) is 0 Å². The fraction of sp³-hybridized carbons (Fsp3) is 0.500. The standard InChI is InChI=1S/C14H22N2OS/c1-10(2)16(6-7-17)9-13-5-4-12(14(15)18)8-11(13)3/h4-5,8,10,17H,6-7,9H2,1-3H3,(H2,15,18). The van der Waals surface area contributed by atoms with E-state index in [0.717, 1.165) is 12.1 Å². The van der Waals surface area contributed by atoms with Crippen molar-refractivity contribution in [1.29, 1.82) is 0 Å². The SMILES string of the molecule is Cc1cc(C(N)=S)ccc1CN(CCO)C(C)C. The minimum absolute atomic E-state index is 0.183. The fourth-order valence-electron chi connectivity index (χ4n) is 1.89. The third-order valence-electron chi connectivity index (χ3n) is 3.12. The topological polar surface area (TPSA) is 49.5 Å². The molecule has 0 fully saturated rings. The van der Waals surface area contributed by atoms with Crippen LogP contribution >= 0.6 is 12.2 Å². The summed E-state index contributed by atoms with van der Waals surface area (Å²) in [6.07, 6.45) is 0. The van der Waals surface area contributed by atoms with Gasteiger partial charge in [-0.25, -0.2) is 0 Å². The molecule has 0 saturated carbocycles. The average molecular weight is 266 g/mol. The second-order valence-corrected chi connectivity index (χ2v) is 5.23. The van der Waals surface area contributed by atoms with Crippen LogP contribution < -0.4 is 5.73 Å². The van der Waals surface area contributed by atoms with Crippen LogP contribution in [0.15, 0.2) is 18.2 Å². The number of nitrogens with zero attached hydrogens (tertiary/aromatic N) is 1. The van der Waals surface area contributed by atoms with Crippen molar-refractivity contribution in [2.24, 2.45) is 5.73 Å². The van der Waals surface area contributed by atoms with Crippen molar-refractivity contribution < 1.29 is 5.11 Å². The van der Waals surface area contributed by atoms with Crippen LogP contribution in [0, 0.1) is 6.92 Å². The first-order chi connectivity index (χ1) is 8.45. The molecular formula is C14H22N2OS. The zero-order valence-corrected chi connectivity index (χ0v) is 12.1. The quantitative estimate of drug-likeness (QED) is 0.771. The highest BCUT2D eigenvalue weighted by molar-refractivity contribution is 7.80. The number of aliphatic hydroxyl groups is 1. The Balaban J connectivity index is 2.86. The first kappa shape index (κ1) is 15.1. The maximum absolute atomic E-state index is 9.07. The number of aliphatic hydroxyl groups excluding tert-OH is 1. The second kappa shape index (κ2) is 6.83. The molecule has 0 spiro atoms. The summed E-state index contributed by atoms with van der Waals surface area (Å²) < 4.78 is 0. The first-order valence-electron chi connectivity index (χ1n) is 6.20. The lowest BCUT2D eigenvalue weighted by atomic mass is 10.0. The Bertz CT molecular complexity index is 418. The van der Waals surface area contributed by atoms with E-state index in [1.807, 2.05) is 12.1 Å². The molecule has 3 N–H and O–H groups in total. The maximum Gasteiger partial charge on any atom is 0.103 e. The van der Waals surface area contributed by atoms with E-state index in [0.29, 0.717) is 17.6 Å². The second-order valence-electron chi connectivity index (χ2n) is 4.79. The van der Waals surface area contributed by atoms with Gasteiger partial charge in [-0.2, -0.15) is 0 Å². The van der Waals surface area contributed by atoms with Gasteiger partial charge in [-0.3, -0.25) is 4.90 Å². The maximum atomic E-state index is 9.07. The molecule has 0 heterocycles. The van der Waals surface area contributed by atoms with Gasteiger partial charge in [-0.15, -0.1) is 0 Å². The van der Waals surface area contributed by atoms with Crippen LogP contribution in [0.2, 0.25) is 0 Å². The molecule has 100 valence electrons. The molecule has 1 aromatic carbocycles. The molecule has 0 aliphatic heterocycles. The normalized spacial score (nSPS) is 11.2. The van der Waals surface area contributed by atoms with E-state index in [4.69, 9.17) is 23.1 Å². The van der Waals surface area contributed by atoms with Gasteiger partial charge in [-0.05, 0) is 38.0 Å². The Labute approximate surface area is 115 Å². The number of hydrogen-bond donors (Lipinski definition) is 2. The molecule has 1 rings (SSSR count). The Kier molecular flexibility index (Phi) is 5.72. The van der Waals surface area contributed by atoms with Crippen LogP contribution in [-0.4, -0.2) is 34.2 Å². The molecule has 0 aliphatic rings. The first-order valence-corrected chi connectivity index (χ1v) is 6.60. The zero-order valence-electron chi connectivity index (χ0n) is 11.3. The van der Waals surface area contributed by atoms with Crippen molar-refractivity contribution >= 4 is 17.2 Å². The van der Waals surface area contributed by atoms with Crippen molar-refractivity contribution in [2.75, 3.05) is 13.2 Å². The summed E-state index contributed by atoms with van der Waals surface area (Å²) in [7, 11) is 0. The molecule has 0 radical (unpaired) electrons. The summed E-state index contributed by atoms with van der Waals surface area (Å²) in [6, 6.07) is 6.46. The molecular weight excluding hydrogens is 244 g/mol. The van der Waals surface area contributed by atoms with Gasteiger partial charge in [0.25, 0.3) is 0 Å². The average Bonchev–Trinajstić information content (AvgIpc) is 2.30. The van der Waals surface area contributed by atoms with Crippen molar-refractivity contribution in [3.05, 3.63) is 34.9 Å². The third-order valence-corrected chi connectivity index (χ3v) is 3.35. The Morgan fingerprint density at radius 1 is 1.44 bits per heavy atom. The van der Waals surface area contributed by atoms with E-state index in [-0.39, 0.29) is 6.61 Å². The van der Waals surface area contributed by atoms with Gasteiger partial charge in [0.2, 0.25) is 0 Å². The zero-order chi connectivity index (χ0) is 13.7. The van der Waals surface area contributed by atoms with Gasteiger partial charge in [-0.1, -0.05) is 24.4 Å². The highest BCUT2D eigenvalue weighted by atomic mass is 32.1. The summed E-state index contributed by atoms with van der Waals surface area (Å²) in [4.78, 5) is 2.67. The van der Waals surface area contributed by atoms with Crippen molar-refractivity contribution in [3.8, 4) is 0 Å². The predicted molar refractivity (Wildman–Crippen MR) is 79.7 cm³/mol. The molecule has 1 aromatic rings. The summed E-state index contributed by atoms with van der Waals surface area (Å²) in [5.41, 5.74) is 8.96. The molecule has 0 saturated heterocycles. The van der Waals surface area contributed by atoms with Crippen LogP contribution in [0.5, 0.6) is 0 Å². The molecule has 0 aromatic heterocycles. The molecule has 0 aliphatic carbocycles. The minimum atomic E-state index is 0.183. The molecule has 0 unspecified atom stereocenters. The smallest absolute Gasteiger partial charge is 0.103 e. The van der Waals surface area contributed by atoms with Crippen molar-refractivity contribution in [1.82, 2.24) is 4.90 Å². The number of rotatable bonds is 6. The molecule has 0 atom stereocenters. The van der Waals surface area contributed by atoms with Gasteiger partial charge in [0.1, 0.15) is 4.99 Å².